The van der Waals surface area contributed by atoms with Gasteiger partial charge < -0.3 is 20.1 Å². The van der Waals surface area contributed by atoms with Crippen molar-refractivity contribution in [3.63, 3.8) is 0 Å². The zero-order valence-corrected chi connectivity index (χ0v) is 16.8. The number of carboxylic acids is 1. The maximum Gasteiger partial charge on any atom is 0.306 e. The molecule has 7 nitrogen and oxygen atoms in total. The first-order valence-corrected chi connectivity index (χ1v) is 9.04. The topological polar surface area (TPSA) is 108 Å². The van der Waals surface area contributed by atoms with Crippen LogP contribution in [-0.2, 0) is 16.8 Å². The molecule has 1 aromatic carbocycles. The summed E-state index contributed by atoms with van der Waals surface area (Å²) >= 11 is 0. The molecule has 150 valence electrons. The summed E-state index contributed by atoms with van der Waals surface area (Å²) in [4.78, 5) is 39.5. The Morgan fingerprint density at radius 3 is 2.50 bits per heavy atom. The zero-order valence-electron chi connectivity index (χ0n) is 16.8. The number of ether oxygens (including phenoxy) is 1. The molecule has 1 aromatic heterocycles. The van der Waals surface area contributed by atoms with Gasteiger partial charge in [-0.2, -0.15) is 0 Å². The third-order valence-corrected chi connectivity index (χ3v) is 4.82. The summed E-state index contributed by atoms with van der Waals surface area (Å²) in [5, 5.41) is 12.3. The highest BCUT2D eigenvalue weighted by atomic mass is 16.5. The van der Waals surface area contributed by atoms with Gasteiger partial charge in [-0.25, -0.2) is 0 Å². The van der Waals surface area contributed by atoms with Crippen LogP contribution >= 0.6 is 0 Å². The number of aromatic amines is 1. The number of aromatic nitrogens is 1. The van der Waals surface area contributed by atoms with Gasteiger partial charge in [0.15, 0.2) is 5.78 Å². The number of amides is 1. The van der Waals surface area contributed by atoms with Gasteiger partial charge in [-0.3, -0.25) is 14.4 Å². The highest BCUT2D eigenvalue weighted by molar-refractivity contribution is 6.03. The number of carboxylic acid groups (broad SMARTS) is 1. The lowest BCUT2D eigenvalue weighted by molar-refractivity contribution is -0.138. The first-order valence-electron chi connectivity index (χ1n) is 9.04. The first kappa shape index (κ1) is 21.2. The quantitative estimate of drug-likeness (QED) is 0.604. The van der Waals surface area contributed by atoms with Crippen molar-refractivity contribution in [3.8, 4) is 5.75 Å². The molecule has 0 saturated heterocycles. The number of Topliss-reactive ketones (excluding diaryl/α,β-unsaturated/α-hetero) is 1. The number of methoxy groups -OCH3 is 1. The minimum Gasteiger partial charge on any atom is -0.497 e. The van der Waals surface area contributed by atoms with Gasteiger partial charge in [-0.1, -0.05) is 19.1 Å². The molecular formula is C21H26N2O5. The number of ketones is 1. The molecule has 28 heavy (non-hydrogen) atoms. The monoisotopic (exact) mass is 386 g/mol. The number of hydrogen-bond donors (Lipinski definition) is 3. The third kappa shape index (κ3) is 4.24. The van der Waals surface area contributed by atoms with Crippen molar-refractivity contribution in [2.24, 2.45) is 0 Å². The van der Waals surface area contributed by atoms with Gasteiger partial charge >= 0.3 is 5.97 Å². The first-order chi connectivity index (χ1) is 13.1. The maximum atomic E-state index is 13.1. The van der Waals surface area contributed by atoms with Crippen LogP contribution < -0.4 is 10.1 Å². The standard InChI is InChI=1S/C21H26N2O5/c1-6-16-18(13(3)24)12(2)22-19(16)20(27)23-21(4,11-17(25)26)14-8-7-9-15(10-14)28-5/h7-10,22H,6,11H2,1-5H3,(H,23,27)(H,25,26). The molecule has 0 fully saturated rings. The van der Waals surface area contributed by atoms with E-state index in [1.807, 2.05) is 6.92 Å². The van der Waals surface area contributed by atoms with Crippen molar-refractivity contribution < 1.29 is 24.2 Å². The van der Waals surface area contributed by atoms with Crippen LogP contribution in [-0.4, -0.2) is 34.9 Å². The van der Waals surface area contributed by atoms with E-state index in [0.29, 0.717) is 34.6 Å². The van der Waals surface area contributed by atoms with Crippen molar-refractivity contribution in [2.75, 3.05) is 7.11 Å². The Balaban J connectivity index is 2.48. The molecule has 2 aromatic rings. The molecular weight excluding hydrogens is 360 g/mol. The number of carbonyl (C=O) groups is 3. The summed E-state index contributed by atoms with van der Waals surface area (Å²) in [6.07, 6.45) is 0.184. The van der Waals surface area contributed by atoms with Gasteiger partial charge in [0.05, 0.1) is 19.1 Å². The highest BCUT2D eigenvalue weighted by Crippen LogP contribution is 2.29. The summed E-state index contributed by atoms with van der Waals surface area (Å²) in [6, 6.07) is 6.93. The number of aryl methyl sites for hydroxylation is 1. The lowest BCUT2D eigenvalue weighted by Gasteiger charge is -2.30. The van der Waals surface area contributed by atoms with E-state index in [1.54, 1.807) is 38.1 Å². The molecule has 0 aliphatic rings. The fourth-order valence-corrected chi connectivity index (χ4v) is 3.50. The smallest absolute Gasteiger partial charge is 0.306 e. The van der Waals surface area contributed by atoms with Crippen molar-refractivity contribution in [3.05, 3.63) is 52.3 Å². The second kappa shape index (κ2) is 8.29. The van der Waals surface area contributed by atoms with E-state index in [-0.39, 0.29) is 17.9 Å². The number of nitrogens with one attached hydrogen (secondary N) is 2. The fourth-order valence-electron chi connectivity index (χ4n) is 3.50. The van der Waals surface area contributed by atoms with Crippen LogP contribution in [0.15, 0.2) is 24.3 Å². The van der Waals surface area contributed by atoms with Gasteiger partial charge in [-0.05, 0) is 50.5 Å². The van der Waals surface area contributed by atoms with Crippen LogP contribution in [0.1, 0.15) is 64.9 Å². The number of carbonyl (C=O) groups excluding carboxylic acids is 2. The average Bonchev–Trinajstić information content (AvgIpc) is 2.97. The van der Waals surface area contributed by atoms with Gasteiger partial charge in [0.1, 0.15) is 11.4 Å². The molecule has 3 N–H and O–H groups in total. The zero-order chi connectivity index (χ0) is 21.1. The van der Waals surface area contributed by atoms with E-state index < -0.39 is 17.4 Å². The highest BCUT2D eigenvalue weighted by Gasteiger charge is 2.34. The molecule has 1 amide bonds. The molecule has 0 aliphatic heterocycles. The number of benzene rings is 1. The molecule has 0 spiro atoms. The summed E-state index contributed by atoms with van der Waals surface area (Å²) < 4.78 is 5.22. The van der Waals surface area contributed by atoms with E-state index >= 15 is 0 Å². The minimum absolute atomic E-state index is 0.120. The van der Waals surface area contributed by atoms with E-state index in [1.165, 1.54) is 14.0 Å². The second-order valence-corrected chi connectivity index (χ2v) is 6.98. The molecule has 1 heterocycles. The second-order valence-electron chi connectivity index (χ2n) is 6.98. The van der Waals surface area contributed by atoms with Crippen LogP contribution in [0.25, 0.3) is 0 Å². The molecule has 0 aliphatic carbocycles. The van der Waals surface area contributed by atoms with E-state index in [9.17, 15) is 19.5 Å². The van der Waals surface area contributed by atoms with Gasteiger partial charge in [0.25, 0.3) is 5.91 Å². The normalized spacial score (nSPS) is 12.9. The van der Waals surface area contributed by atoms with Gasteiger partial charge in [0, 0.05) is 11.3 Å². The van der Waals surface area contributed by atoms with E-state index in [4.69, 9.17) is 4.74 Å². The molecule has 0 radical (unpaired) electrons. The van der Waals surface area contributed by atoms with Gasteiger partial charge in [0.2, 0.25) is 0 Å². The molecule has 0 bridgehead atoms. The van der Waals surface area contributed by atoms with Crippen LogP contribution in [0.4, 0.5) is 0 Å². The Kier molecular flexibility index (Phi) is 6.28. The minimum atomic E-state index is -1.17. The number of hydrogen-bond acceptors (Lipinski definition) is 4. The molecule has 1 atom stereocenters. The van der Waals surface area contributed by atoms with E-state index in [0.717, 1.165) is 0 Å². The van der Waals surface area contributed by atoms with Crippen molar-refractivity contribution >= 4 is 17.7 Å². The van der Waals surface area contributed by atoms with E-state index in [2.05, 4.69) is 10.3 Å². The number of rotatable bonds is 8. The largest absolute Gasteiger partial charge is 0.497 e. The molecule has 0 saturated carbocycles. The predicted molar refractivity (Wildman–Crippen MR) is 105 cm³/mol. The lowest BCUT2D eigenvalue weighted by Crippen LogP contribution is -2.45. The lowest BCUT2D eigenvalue weighted by atomic mass is 9.88. The Hall–Kier alpha value is -3.09. The summed E-state index contributed by atoms with van der Waals surface area (Å²) in [5.74, 6) is -1.06. The Morgan fingerprint density at radius 1 is 1.29 bits per heavy atom. The predicted octanol–water partition coefficient (Wildman–Crippen LogP) is 3.22. The fraction of sp³-hybridized carbons (Fsp3) is 0.381. The Morgan fingerprint density at radius 2 is 1.96 bits per heavy atom. The molecule has 2 rings (SSSR count). The summed E-state index contributed by atoms with van der Waals surface area (Å²) in [7, 11) is 1.52. The Labute approximate surface area is 164 Å². The van der Waals surface area contributed by atoms with Crippen LogP contribution in [0.3, 0.4) is 0 Å². The van der Waals surface area contributed by atoms with Crippen LogP contribution in [0, 0.1) is 6.92 Å². The van der Waals surface area contributed by atoms with Crippen molar-refractivity contribution in [2.45, 2.75) is 46.1 Å². The average molecular weight is 386 g/mol. The number of H-pyrrole nitrogens is 1. The van der Waals surface area contributed by atoms with Gasteiger partial charge in [-0.15, -0.1) is 0 Å². The van der Waals surface area contributed by atoms with Crippen molar-refractivity contribution in [1.29, 1.82) is 0 Å². The van der Waals surface area contributed by atoms with Crippen LogP contribution in [0.2, 0.25) is 0 Å². The SMILES string of the molecule is CCc1c(C(=O)NC(C)(CC(=O)O)c2cccc(OC)c2)[nH]c(C)c1C(C)=O. The maximum absolute atomic E-state index is 13.1. The molecule has 7 heteroatoms. The summed E-state index contributed by atoms with van der Waals surface area (Å²) in [5.41, 5.74) is 1.48. The van der Waals surface area contributed by atoms with Crippen LogP contribution in [0.5, 0.6) is 5.75 Å². The number of aliphatic carboxylic acids is 1. The third-order valence-electron chi connectivity index (χ3n) is 4.82. The Bertz CT molecular complexity index is 916. The summed E-state index contributed by atoms with van der Waals surface area (Å²) in [6.45, 7) is 6.72. The molecule has 1 unspecified atom stereocenters. The van der Waals surface area contributed by atoms with Crippen molar-refractivity contribution in [1.82, 2.24) is 10.3 Å².